The van der Waals surface area contributed by atoms with E-state index in [1.54, 1.807) is 8.46 Å². The molecule has 0 N–H and O–H groups in total. The maximum atomic E-state index is 2.48. The molecule has 1 heterocycles. The minimum absolute atomic E-state index is 1.26. The van der Waals surface area contributed by atoms with Crippen LogP contribution in [0.15, 0.2) is 11.4 Å². The van der Waals surface area contributed by atoms with Gasteiger partial charge in [0, 0.05) is 0 Å². The van der Waals surface area contributed by atoms with Gasteiger partial charge < -0.3 is 0 Å². The monoisotopic (exact) mass is 290 g/mol. The van der Waals surface area contributed by atoms with E-state index in [0.717, 1.165) is 0 Å². The van der Waals surface area contributed by atoms with Crippen molar-refractivity contribution in [2.45, 2.75) is 34.6 Å². The molecule has 0 aliphatic rings. The summed E-state index contributed by atoms with van der Waals surface area (Å²) in [6.45, 7) is 2.25. The van der Waals surface area contributed by atoms with Crippen LogP contribution in [0.3, 0.4) is 0 Å². The maximum absolute atomic E-state index is 2.48. The Hall–Kier alpha value is 0.499. The van der Waals surface area contributed by atoms with E-state index in [4.69, 9.17) is 0 Å². The third-order valence-electron chi connectivity index (χ3n) is 1.93. The molecule has 12 heavy (non-hydrogen) atoms. The van der Waals surface area contributed by atoms with Crippen LogP contribution in [0.2, 0.25) is 14.8 Å². The predicted octanol–water partition coefficient (Wildman–Crippen LogP) is 3.25. The Morgan fingerprint density at radius 2 is 2.00 bits per heavy atom. The van der Waals surface area contributed by atoms with E-state index in [-0.39, 0.29) is 0 Å². The third-order valence-corrected chi connectivity index (χ3v) is 12.5. The van der Waals surface area contributed by atoms with Crippen molar-refractivity contribution in [3.8, 4) is 0 Å². The molecule has 1 aromatic heterocycles. The molecule has 0 spiro atoms. The van der Waals surface area contributed by atoms with Gasteiger partial charge in [-0.25, -0.2) is 0 Å². The van der Waals surface area contributed by atoms with Gasteiger partial charge >= 0.3 is 84.2 Å². The minimum atomic E-state index is -1.72. The number of hydrogen-bond donors (Lipinski definition) is 0. The molecule has 0 radical (unpaired) electrons. The Kier molecular flexibility index (Phi) is 3.65. The Labute approximate surface area is 83.9 Å². The van der Waals surface area contributed by atoms with Crippen LogP contribution in [-0.2, 0) is 6.42 Å². The number of thiophene rings is 1. The Bertz CT molecular complexity index is 245. The topological polar surface area (TPSA) is 0 Å². The molecule has 0 bridgehead atoms. The van der Waals surface area contributed by atoms with Gasteiger partial charge in [-0.15, -0.1) is 0 Å². The van der Waals surface area contributed by atoms with E-state index >= 15 is 0 Å². The third kappa shape index (κ3) is 2.77. The first-order valence-electron chi connectivity index (χ1n) is 4.62. The molecular formula is C10H18SSn. The fourth-order valence-corrected chi connectivity index (χ4v) is 7.52. The van der Waals surface area contributed by atoms with Crippen molar-refractivity contribution >= 4 is 32.6 Å². The van der Waals surface area contributed by atoms with Crippen LogP contribution in [0.5, 0.6) is 0 Å². The van der Waals surface area contributed by atoms with Crippen LogP contribution in [0.4, 0.5) is 0 Å². The molecule has 0 nitrogen and oxygen atoms in total. The zero-order chi connectivity index (χ0) is 9.19. The molecule has 0 aliphatic carbocycles. The normalized spacial score (nSPS) is 12.0. The van der Waals surface area contributed by atoms with Gasteiger partial charge in [-0.2, -0.15) is 0 Å². The van der Waals surface area contributed by atoms with Crippen LogP contribution >= 0.6 is 11.3 Å². The molecule has 0 aliphatic heterocycles. The summed E-state index contributed by atoms with van der Waals surface area (Å²) < 4.78 is 1.72. The van der Waals surface area contributed by atoms with Crippen molar-refractivity contribution in [2.24, 2.45) is 0 Å². The fourth-order valence-electron chi connectivity index (χ4n) is 1.19. The van der Waals surface area contributed by atoms with Crippen molar-refractivity contribution < 1.29 is 0 Å². The quantitative estimate of drug-likeness (QED) is 0.749. The average molecular weight is 289 g/mol. The van der Waals surface area contributed by atoms with Gasteiger partial charge in [-0.05, 0) is 0 Å². The summed E-state index contributed by atoms with van der Waals surface area (Å²) in [6, 6.07) is 2.45. The van der Waals surface area contributed by atoms with Crippen molar-refractivity contribution in [1.29, 1.82) is 0 Å². The molecule has 0 aromatic carbocycles. The number of aryl methyl sites for hydroxylation is 1. The van der Waals surface area contributed by atoms with Gasteiger partial charge in [0.1, 0.15) is 0 Å². The average Bonchev–Trinajstić information content (AvgIpc) is 2.35. The summed E-state index contributed by atoms with van der Waals surface area (Å²) >= 11 is 0.274. The van der Waals surface area contributed by atoms with E-state index in [9.17, 15) is 0 Å². The van der Waals surface area contributed by atoms with Crippen molar-refractivity contribution in [2.75, 3.05) is 0 Å². The van der Waals surface area contributed by atoms with Crippen molar-refractivity contribution in [1.82, 2.24) is 0 Å². The van der Waals surface area contributed by atoms with Gasteiger partial charge in [-0.3, -0.25) is 0 Å². The second-order valence-corrected chi connectivity index (χ2v) is 20.6. The molecular weight excluding hydrogens is 271 g/mol. The van der Waals surface area contributed by atoms with E-state index in [2.05, 4.69) is 33.2 Å². The van der Waals surface area contributed by atoms with Gasteiger partial charge in [0.2, 0.25) is 0 Å². The molecule has 0 atom stereocenters. The van der Waals surface area contributed by atoms with Crippen LogP contribution in [0, 0.1) is 0 Å². The van der Waals surface area contributed by atoms with Crippen LogP contribution in [0.1, 0.15) is 18.9 Å². The van der Waals surface area contributed by atoms with Crippen LogP contribution in [-0.4, -0.2) is 18.4 Å². The molecule has 0 amide bonds. The summed E-state index contributed by atoms with van der Waals surface area (Å²) in [4.78, 5) is 7.45. The summed E-state index contributed by atoms with van der Waals surface area (Å²) in [5.41, 5.74) is 1.56. The second-order valence-electron chi connectivity index (χ2n) is 4.32. The Morgan fingerprint density at radius 1 is 1.33 bits per heavy atom. The van der Waals surface area contributed by atoms with E-state index in [1.165, 1.54) is 12.8 Å². The van der Waals surface area contributed by atoms with Gasteiger partial charge in [0.25, 0.3) is 0 Å². The van der Waals surface area contributed by atoms with E-state index < -0.39 is 18.4 Å². The predicted molar refractivity (Wildman–Crippen MR) is 61.3 cm³/mol. The first-order chi connectivity index (χ1) is 5.54. The van der Waals surface area contributed by atoms with Gasteiger partial charge in [0.15, 0.2) is 0 Å². The fraction of sp³-hybridized carbons (Fsp3) is 0.600. The molecule has 0 saturated carbocycles. The number of rotatable bonds is 3. The molecule has 1 aromatic rings. The van der Waals surface area contributed by atoms with Crippen molar-refractivity contribution in [3.05, 3.63) is 17.0 Å². The van der Waals surface area contributed by atoms with Crippen LogP contribution < -0.4 is 2.89 Å². The first-order valence-corrected chi connectivity index (χ1v) is 15.5. The summed E-state index contributed by atoms with van der Waals surface area (Å²) in [7, 11) is 0. The van der Waals surface area contributed by atoms with Crippen molar-refractivity contribution in [3.63, 3.8) is 0 Å². The Morgan fingerprint density at radius 3 is 2.42 bits per heavy atom. The summed E-state index contributed by atoms with van der Waals surface area (Å²) in [5.74, 6) is 0. The van der Waals surface area contributed by atoms with E-state index in [0.29, 0.717) is 0 Å². The first kappa shape index (κ1) is 10.6. The molecule has 2 heteroatoms. The second kappa shape index (κ2) is 4.14. The van der Waals surface area contributed by atoms with E-state index in [1.807, 2.05) is 11.3 Å². The SMILES string of the molecule is CCCc1cs[c]([Sn]([CH3])([CH3])[CH3])c1. The molecule has 0 saturated heterocycles. The molecule has 1 rings (SSSR count). The van der Waals surface area contributed by atoms with Gasteiger partial charge in [0.05, 0.1) is 0 Å². The summed E-state index contributed by atoms with van der Waals surface area (Å²) in [6.07, 6.45) is 2.54. The molecule has 0 unspecified atom stereocenters. The Balaban J connectivity index is 2.77. The zero-order valence-electron chi connectivity index (χ0n) is 8.48. The standard InChI is InChI=1S/C7H9S.3CH3.Sn/c1-2-3-7-4-5-8-6-7;;;;/h4,6H,2-3H2,1H3;3*1H3;. The number of hydrogen-bond acceptors (Lipinski definition) is 1. The zero-order valence-corrected chi connectivity index (χ0v) is 12.1. The molecule has 0 fully saturated rings. The van der Waals surface area contributed by atoms with Gasteiger partial charge in [-0.1, -0.05) is 0 Å². The summed E-state index contributed by atoms with van der Waals surface area (Å²) in [5, 5.41) is 2.35. The van der Waals surface area contributed by atoms with Crippen LogP contribution in [0.25, 0.3) is 0 Å². The molecule has 68 valence electrons.